The fourth-order valence-electron chi connectivity index (χ4n) is 2.15. The molecule has 0 N–H and O–H groups in total. The molecular formula is C12H15Br2NO2S. The number of ether oxygens (including phenoxy) is 1. The lowest BCUT2D eigenvalue weighted by Crippen LogP contribution is -2.49. The van der Waals surface area contributed by atoms with Gasteiger partial charge >= 0.3 is 0 Å². The number of thiophene rings is 1. The first-order chi connectivity index (χ1) is 8.45. The fraction of sp³-hybridized carbons (Fsp3) is 0.583. The molecule has 100 valence electrons. The Kier molecular flexibility index (Phi) is 4.52. The molecule has 1 amide bonds. The van der Waals surface area contributed by atoms with Crippen LogP contribution in [-0.4, -0.2) is 36.6 Å². The van der Waals surface area contributed by atoms with Gasteiger partial charge in [-0.3, -0.25) is 4.79 Å². The van der Waals surface area contributed by atoms with Gasteiger partial charge < -0.3 is 9.64 Å². The topological polar surface area (TPSA) is 29.5 Å². The minimum Gasteiger partial charge on any atom is -0.377 e. The van der Waals surface area contributed by atoms with Crippen LogP contribution >= 0.6 is 43.2 Å². The van der Waals surface area contributed by atoms with Crippen LogP contribution in [0.15, 0.2) is 14.3 Å². The van der Waals surface area contributed by atoms with Crippen molar-refractivity contribution in [1.29, 1.82) is 0 Å². The maximum Gasteiger partial charge on any atom is 0.264 e. The van der Waals surface area contributed by atoms with Crippen molar-refractivity contribution in [3.8, 4) is 0 Å². The van der Waals surface area contributed by atoms with E-state index in [4.69, 9.17) is 4.74 Å². The van der Waals surface area contributed by atoms with Gasteiger partial charge in [-0.15, -0.1) is 11.3 Å². The molecule has 1 atom stereocenters. The second-order valence-corrected chi connectivity index (χ2v) is 7.94. The highest BCUT2D eigenvalue weighted by molar-refractivity contribution is 9.13. The molecule has 1 aromatic heterocycles. The van der Waals surface area contributed by atoms with Crippen LogP contribution < -0.4 is 0 Å². The largest absolute Gasteiger partial charge is 0.377 e. The second kappa shape index (κ2) is 5.61. The zero-order valence-electron chi connectivity index (χ0n) is 10.3. The minimum atomic E-state index is -0.209. The monoisotopic (exact) mass is 395 g/mol. The molecule has 1 aromatic rings. The summed E-state index contributed by atoms with van der Waals surface area (Å²) < 4.78 is 7.40. The first-order valence-electron chi connectivity index (χ1n) is 5.74. The molecule has 2 heterocycles. The number of rotatable bonds is 2. The van der Waals surface area contributed by atoms with Gasteiger partial charge in [-0.05, 0) is 57.7 Å². The molecule has 0 aliphatic carbocycles. The maximum atomic E-state index is 12.4. The lowest BCUT2D eigenvalue weighted by atomic mass is 9.94. The number of nitrogens with zero attached hydrogens (tertiary/aromatic N) is 1. The van der Waals surface area contributed by atoms with E-state index in [2.05, 4.69) is 38.8 Å². The van der Waals surface area contributed by atoms with Gasteiger partial charge in [0.05, 0.1) is 14.3 Å². The summed E-state index contributed by atoms with van der Waals surface area (Å²) in [5, 5.41) is 0. The third-order valence-electron chi connectivity index (χ3n) is 3.29. The van der Waals surface area contributed by atoms with Gasteiger partial charge in [-0.2, -0.15) is 0 Å². The summed E-state index contributed by atoms with van der Waals surface area (Å²) in [6.07, 6.45) is 1.99. The molecule has 2 rings (SSSR count). The lowest BCUT2D eigenvalue weighted by molar-refractivity contribution is -0.0439. The number of likely N-dealkylation sites (tertiary alicyclic amines) is 1. The van der Waals surface area contributed by atoms with Gasteiger partial charge in [0.2, 0.25) is 0 Å². The van der Waals surface area contributed by atoms with Gasteiger partial charge in [-0.25, -0.2) is 0 Å². The molecule has 1 saturated heterocycles. The zero-order chi connectivity index (χ0) is 13.3. The van der Waals surface area contributed by atoms with E-state index in [-0.39, 0.29) is 11.5 Å². The molecule has 6 heteroatoms. The van der Waals surface area contributed by atoms with Crippen LogP contribution in [0.1, 0.15) is 29.4 Å². The Hall–Kier alpha value is 0.0900. The standard InChI is InChI=1S/C12H15Br2NO2S/c1-12(17-2)4-3-5-15(7-12)11(16)9-6-8(13)10(14)18-9/h6H,3-5,7H2,1-2H3. The number of carbonyl (C=O) groups is 1. The first kappa shape index (κ1) is 14.5. The van der Waals surface area contributed by atoms with Crippen molar-refractivity contribution in [3.05, 3.63) is 19.2 Å². The highest BCUT2D eigenvalue weighted by atomic mass is 79.9. The Balaban J connectivity index is 2.14. The van der Waals surface area contributed by atoms with Gasteiger partial charge in [0.1, 0.15) is 0 Å². The van der Waals surface area contributed by atoms with Crippen LogP contribution in [0.2, 0.25) is 0 Å². The molecule has 0 aromatic carbocycles. The molecule has 0 radical (unpaired) electrons. The van der Waals surface area contributed by atoms with Crippen LogP contribution in [0.3, 0.4) is 0 Å². The fourth-order valence-corrected chi connectivity index (χ4v) is 4.16. The summed E-state index contributed by atoms with van der Waals surface area (Å²) in [5.74, 6) is 0.0920. The number of amides is 1. The Morgan fingerprint density at radius 1 is 1.56 bits per heavy atom. The SMILES string of the molecule is COC1(C)CCCN(C(=O)c2cc(Br)c(Br)s2)C1. The van der Waals surface area contributed by atoms with Gasteiger partial charge in [0.25, 0.3) is 5.91 Å². The number of carbonyl (C=O) groups excluding carboxylic acids is 1. The van der Waals surface area contributed by atoms with Crippen LogP contribution in [-0.2, 0) is 4.74 Å². The third kappa shape index (κ3) is 2.98. The summed E-state index contributed by atoms with van der Waals surface area (Å²) in [6.45, 7) is 3.53. The van der Waals surface area contributed by atoms with Gasteiger partial charge in [0, 0.05) is 24.7 Å². The van der Waals surface area contributed by atoms with Crippen molar-refractivity contribution in [2.45, 2.75) is 25.4 Å². The lowest BCUT2D eigenvalue weighted by Gasteiger charge is -2.39. The van der Waals surface area contributed by atoms with Gasteiger partial charge in [0.15, 0.2) is 0 Å². The predicted molar refractivity (Wildman–Crippen MR) is 80.3 cm³/mol. The molecular weight excluding hydrogens is 382 g/mol. The molecule has 0 saturated carbocycles. The van der Waals surface area contributed by atoms with Crippen molar-refractivity contribution < 1.29 is 9.53 Å². The molecule has 0 spiro atoms. The number of halogens is 2. The van der Waals surface area contributed by atoms with E-state index >= 15 is 0 Å². The van der Waals surface area contributed by atoms with E-state index in [9.17, 15) is 4.79 Å². The predicted octanol–water partition coefficient (Wildman–Crippen LogP) is 3.91. The Morgan fingerprint density at radius 2 is 2.28 bits per heavy atom. The van der Waals surface area contributed by atoms with E-state index in [0.29, 0.717) is 6.54 Å². The van der Waals surface area contributed by atoms with Crippen molar-refractivity contribution in [1.82, 2.24) is 4.90 Å². The number of hydrogen-bond donors (Lipinski definition) is 0. The molecule has 0 bridgehead atoms. The third-order valence-corrected chi connectivity index (χ3v) is 6.54. The second-order valence-electron chi connectivity index (χ2n) is 4.72. The van der Waals surface area contributed by atoms with Crippen LogP contribution in [0.4, 0.5) is 0 Å². The summed E-state index contributed by atoms with van der Waals surface area (Å²) in [5.41, 5.74) is -0.209. The maximum absolute atomic E-state index is 12.4. The highest BCUT2D eigenvalue weighted by Crippen LogP contribution is 2.34. The van der Waals surface area contributed by atoms with Crippen LogP contribution in [0.25, 0.3) is 0 Å². The average molecular weight is 397 g/mol. The molecule has 1 aliphatic heterocycles. The Morgan fingerprint density at radius 3 is 2.83 bits per heavy atom. The van der Waals surface area contributed by atoms with Crippen molar-refractivity contribution >= 4 is 49.1 Å². The Bertz CT molecular complexity index is 443. The van der Waals surface area contributed by atoms with E-state index < -0.39 is 0 Å². The Labute approximate surface area is 128 Å². The normalized spacial score (nSPS) is 24.3. The van der Waals surface area contributed by atoms with Crippen LogP contribution in [0, 0.1) is 0 Å². The molecule has 1 unspecified atom stereocenters. The molecule has 1 fully saturated rings. The summed E-state index contributed by atoms with van der Waals surface area (Å²) in [6, 6.07) is 1.87. The van der Waals surface area contributed by atoms with Gasteiger partial charge in [-0.1, -0.05) is 0 Å². The van der Waals surface area contributed by atoms with Crippen molar-refractivity contribution in [2.24, 2.45) is 0 Å². The van der Waals surface area contributed by atoms with E-state index in [1.807, 2.05) is 11.0 Å². The highest BCUT2D eigenvalue weighted by Gasteiger charge is 2.33. The average Bonchev–Trinajstić information content (AvgIpc) is 2.69. The molecule has 1 aliphatic rings. The summed E-state index contributed by atoms with van der Waals surface area (Å²) in [7, 11) is 1.71. The number of piperidine rings is 1. The zero-order valence-corrected chi connectivity index (χ0v) is 14.3. The van der Waals surface area contributed by atoms with Crippen LogP contribution in [0.5, 0.6) is 0 Å². The van der Waals surface area contributed by atoms with E-state index in [0.717, 1.165) is 32.5 Å². The summed E-state index contributed by atoms with van der Waals surface area (Å²) >= 11 is 8.29. The van der Waals surface area contributed by atoms with Crippen molar-refractivity contribution in [3.63, 3.8) is 0 Å². The molecule has 3 nitrogen and oxygen atoms in total. The van der Waals surface area contributed by atoms with E-state index in [1.165, 1.54) is 11.3 Å². The smallest absolute Gasteiger partial charge is 0.264 e. The quantitative estimate of drug-likeness (QED) is 0.758. The summed E-state index contributed by atoms with van der Waals surface area (Å²) in [4.78, 5) is 15.1. The number of methoxy groups -OCH3 is 1. The minimum absolute atomic E-state index is 0.0920. The first-order valence-corrected chi connectivity index (χ1v) is 8.15. The number of hydrogen-bond acceptors (Lipinski definition) is 3. The van der Waals surface area contributed by atoms with Crippen molar-refractivity contribution in [2.75, 3.05) is 20.2 Å². The van der Waals surface area contributed by atoms with E-state index in [1.54, 1.807) is 7.11 Å². The molecule has 18 heavy (non-hydrogen) atoms.